The van der Waals surface area contributed by atoms with Crippen molar-refractivity contribution in [3.8, 4) is 33.6 Å². The molecule has 0 fully saturated rings. The number of rotatable bonds is 5. The zero-order chi connectivity index (χ0) is 34.9. The summed E-state index contributed by atoms with van der Waals surface area (Å²) in [4.78, 5) is 0. The summed E-state index contributed by atoms with van der Waals surface area (Å²) in [6, 6.07) is 73.5. The second-order valence-corrected chi connectivity index (χ2v) is 14.1. The molecule has 10 aromatic rings. The SMILES string of the molecule is c1ccc(-n2ccc3ccc4c5ccccc5n(-c5cccc(-c6ccc7c(c6)C(c6ccccc6)(c6ccccc6)c6ccccc6-7)c5)c4c32)cc1. The summed E-state index contributed by atoms with van der Waals surface area (Å²) >= 11 is 0. The third kappa shape index (κ3) is 4.27. The molecule has 0 saturated heterocycles. The summed E-state index contributed by atoms with van der Waals surface area (Å²) < 4.78 is 4.80. The maximum absolute atomic E-state index is 2.47. The first-order chi connectivity index (χ1) is 26.3. The van der Waals surface area contributed by atoms with Crippen LogP contribution in [0.15, 0.2) is 206 Å². The van der Waals surface area contributed by atoms with E-state index >= 15 is 0 Å². The zero-order valence-electron chi connectivity index (χ0n) is 29.0. The van der Waals surface area contributed by atoms with Gasteiger partial charge < -0.3 is 9.13 Å². The summed E-state index contributed by atoms with van der Waals surface area (Å²) in [7, 11) is 0. The van der Waals surface area contributed by atoms with E-state index in [4.69, 9.17) is 0 Å². The van der Waals surface area contributed by atoms with Gasteiger partial charge in [-0.05, 0) is 87.0 Å². The second-order valence-electron chi connectivity index (χ2n) is 14.1. The molecule has 2 heterocycles. The monoisotopic (exact) mass is 674 g/mol. The minimum Gasteiger partial charge on any atom is -0.315 e. The van der Waals surface area contributed by atoms with Crippen LogP contribution in [-0.2, 0) is 5.41 Å². The molecule has 0 saturated carbocycles. The van der Waals surface area contributed by atoms with E-state index in [0.29, 0.717) is 0 Å². The predicted molar refractivity (Wildman–Crippen MR) is 220 cm³/mol. The van der Waals surface area contributed by atoms with Crippen LogP contribution >= 0.6 is 0 Å². The molecule has 1 aliphatic carbocycles. The molecule has 0 bridgehead atoms. The first kappa shape index (κ1) is 29.8. The molecule has 2 aromatic heterocycles. The number of para-hydroxylation sites is 2. The highest BCUT2D eigenvalue weighted by Crippen LogP contribution is 2.56. The highest BCUT2D eigenvalue weighted by atomic mass is 15.0. The van der Waals surface area contributed by atoms with Gasteiger partial charge in [-0.3, -0.25) is 0 Å². The molecule has 248 valence electrons. The maximum atomic E-state index is 2.47. The van der Waals surface area contributed by atoms with Crippen molar-refractivity contribution in [1.82, 2.24) is 9.13 Å². The first-order valence-electron chi connectivity index (χ1n) is 18.4. The Kier molecular flexibility index (Phi) is 6.50. The Balaban J connectivity index is 1.16. The van der Waals surface area contributed by atoms with Crippen molar-refractivity contribution in [3.05, 3.63) is 229 Å². The lowest BCUT2D eigenvalue weighted by Gasteiger charge is -2.34. The fourth-order valence-electron chi connectivity index (χ4n) is 9.19. The molecular formula is C51H34N2. The second kappa shape index (κ2) is 11.6. The topological polar surface area (TPSA) is 9.86 Å². The van der Waals surface area contributed by atoms with Gasteiger partial charge in [0.2, 0.25) is 0 Å². The van der Waals surface area contributed by atoms with Gasteiger partial charge in [0.05, 0.1) is 22.0 Å². The summed E-state index contributed by atoms with van der Waals surface area (Å²) in [6.07, 6.45) is 2.20. The van der Waals surface area contributed by atoms with E-state index in [1.54, 1.807) is 0 Å². The number of aromatic nitrogens is 2. The van der Waals surface area contributed by atoms with Crippen molar-refractivity contribution < 1.29 is 0 Å². The zero-order valence-corrected chi connectivity index (χ0v) is 29.0. The molecule has 0 spiro atoms. The van der Waals surface area contributed by atoms with Crippen LogP contribution in [0.1, 0.15) is 22.3 Å². The Bertz CT molecular complexity index is 2950. The average molecular weight is 675 g/mol. The molecule has 0 unspecified atom stereocenters. The number of hydrogen-bond acceptors (Lipinski definition) is 0. The van der Waals surface area contributed by atoms with Crippen LogP contribution in [0.25, 0.3) is 66.3 Å². The van der Waals surface area contributed by atoms with E-state index in [-0.39, 0.29) is 0 Å². The average Bonchev–Trinajstić information content (AvgIpc) is 3.91. The molecule has 11 rings (SSSR count). The number of hydrogen-bond donors (Lipinski definition) is 0. The van der Waals surface area contributed by atoms with Crippen LogP contribution in [0, 0.1) is 0 Å². The molecule has 0 amide bonds. The predicted octanol–water partition coefficient (Wildman–Crippen LogP) is 12.8. The van der Waals surface area contributed by atoms with Gasteiger partial charge >= 0.3 is 0 Å². The van der Waals surface area contributed by atoms with Crippen molar-refractivity contribution >= 4 is 32.7 Å². The summed E-state index contributed by atoms with van der Waals surface area (Å²) in [6.45, 7) is 0. The van der Waals surface area contributed by atoms with Crippen molar-refractivity contribution in [2.45, 2.75) is 5.41 Å². The summed E-state index contributed by atoms with van der Waals surface area (Å²) in [5.41, 5.74) is 15.7. The van der Waals surface area contributed by atoms with Crippen molar-refractivity contribution in [3.63, 3.8) is 0 Å². The smallest absolute Gasteiger partial charge is 0.0788 e. The lowest BCUT2D eigenvalue weighted by molar-refractivity contribution is 0.769. The van der Waals surface area contributed by atoms with Gasteiger partial charge in [-0.25, -0.2) is 0 Å². The largest absolute Gasteiger partial charge is 0.315 e. The molecule has 0 N–H and O–H groups in total. The first-order valence-corrected chi connectivity index (χ1v) is 18.4. The minimum atomic E-state index is -0.441. The van der Waals surface area contributed by atoms with E-state index in [9.17, 15) is 0 Å². The standard InChI is InChI=1S/C51H34N2/c1-4-16-38(17-5-1)51(39-18-6-2-7-19-39)46-25-12-10-23-42(46)43-29-28-37(34-47(43)51)36-15-14-22-41(33-36)53-48-26-13-11-24-44(48)45-30-27-35-31-32-52(49(35)50(45)53)40-20-8-3-9-21-40/h1-34H. The van der Waals surface area contributed by atoms with Crippen molar-refractivity contribution in [2.24, 2.45) is 0 Å². The van der Waals surface area contributed by atoms with Crippen LogP contribution < -0.4 is 0 Å². The third-order valence-electron chi connectivity index (χ3n) is 11.4. The Morgan fingerprint density at radius 1 is 0.377 bits per heavy atom. The Labute approximate surface area is 308 Å². The molecule has 2 heteroatoms. The fraction of sp³-hybridized carbons (Fsp3) is 0.0196. The highest BCUT2D eigenvalue weighted by molar-refractivity contribution is 6.18. The molecule has 1 aliphatic rings. The summed E-state index contributed by atoms with van der Waals surface area (Å²) in [5.74, 6) is 0. The molecule has 8 aromatic carbocycles. The number of benzene rings is 8. The quantitative estimate of drug-likeness (QED) is 0.172. The van der Waals surface area contributed by atoms with Gasteiger partial charge in [-0.2, -0.15) is 0 Å². The van der Waals surface area contributed by atoms with Gasteiger partial charge in [-0.15, -0.1) is 0 Å². The molecule has 0 radical (unpaired) electrons. The summed E-state index contributed by atoms with van der Waals surface area (Å²) in [5, 5.41) is 3.72. The molecule has 0 aliphatic heterocycles. The van der Waals surface area contributed by atoms with Crippen molar-refractivity contribution in [2.75, 3.05) is 0 Å². The van der Waals surface area contributed by atoms with Crippen molar-refractivity contribution in [1.29, 1.82) is 0 Å². The van der Waals surface area contributed by atoms with Crippen LogP contribution in [0.4, 0.5) is 0 Å². The number of nitrogens with zero attached hydrogens (tertiary/aromatic N) is 2. The lowest BCUT2D eigenvalue weighted by atomic mass is 9.67. The van der Waals surface area contributed by atoms with Gasteiger partial charge in [0.1, 0.15) is 0 Å². The van der Waals surface area contributed by atoms with E-state index in [1.165, 1.54) is 77.2 Å². The Morgan fingerprint density at radius 3 is 1.81 bits per heavy atom. The van der Waals surface area contributed by atoms with E-state index in [1.807, 2.05) is 0 Å². The molecule has 0 atom stereocenters. The maximum Gasteiger partial charge on any atom is 0.0788 e. The van der Waals surface area contributed by atoms with Gasteiger partial charge in [0.25, 0.3) is 0 Å². The highest BCUT2D eigenvalue weighted by Gasteiger charge is 2.46. The molecule has 53 heavy (non-hydrogen) atoms. The normalized spacial score (nSPS) is 13.1. The van der Waals surface area contributed by atoms with E-state index < -0.39 is 5.41 Å². The Morgan fingerprint density at radius 2 is 1.02 bits per heavy atom. The van der Waals surface area contributed by atoms with Crippen LogP contribution in [0.5, 0.6) is 0 Å². The number of fused-ring (bicyclic) bond motifs is 8. The van der Waals surface area contributed by atoms with E-state index in [2.05, 4.69) is 216 Å². The van der Waals surface area contributed by atoms with Gasteiger partial charge in [0.15, 0.2) is 0 Å². The molecular weight excluding hydrogens is 641 g/mol. The van der Waals surface area contributed by atoms with Gasteiger partial charge in [0, 0.05) is 33.7 Å². The molecule has 2 nitrogen and oxygen atoms in total. The van der Waals surface area contributed by atoms with Crippen LogP contribution in [0.2, 0.25) is 0 Å². The van der Waals surface area contributed by atoms with Gasteiger partial charge in [-0.1, -0.05) is 158 Å². The third-order valence-corrected chi connectivity index (χ3v) is 11.4. The Hall–Kier alpha value is -6.90. The lowest BCUT2D eigenvalue weighted by Crippen LogP contribution is -2.28. The fourth-order valence-corrected chi connectivity index (χ4v) is 9.19. The van der Waals surface area contributed by atoms with Crippen LogP contribution in [0.3, 0.4) is 0 Å². The minimum absolute atomic E-state index is 0.441. The van der Waals surface area contributed by atoms with Crippen LogP contribution in [-0.4, -0.2) is 9.13 Å². The van der Waals surface area contributed by atoms with E-state index in [0.717, 1.165) is 11.4 Å².